The molecule has 2 saturated heterocycles. The van der Waals surface area contributed by atoms with E-state index in [2.05, 4.69) is 20.1 Å². The molecule has 0 spiro atoms. The minimum atomic E-state index is -0.376. The van der Waals surface area contributed by atoms with E-state index >= 15 is 0 Å². The molecule has 0 aliphatic carbocycles. The molecule has 0 atom stereocenters. The number of methoxy groups -OCH3 is 1. The van der Waals surface area contributed by atoms with Crippen molar-refractivity contribution in [2.24, 2.45) is 0 Å². The molecule has 1 aromatic heterocycles. The van der Waals surface area contributed by atoms with Crippen LogP contribution in [0.4, 0.5) is 15.0 Å². The second-order valence-corrected chi connectivity index (χ2v) is 9.07. The topological polar surface area (TPSA) is 87.2 Å². The average Bonchev–Trinajstić information content (AvgIpc) is 2.90. The Bertz CT molecular complexity index is 1040. The lowest BCUT2D eigenvalue weighted by molar-refractivity contribution is 0.0526. The zero-order valence-corrected chi connectivity index (χ0v) is 20.9. The second kappa shape index (κ2) is 12.0. The second-order valence-electron chi connectivity index (χ2n) is 9.07. The van der Waals surface area contributed by atoms with Crippen molar-refractivity contribution in [3.8, 4) is 5.75 Å². The summed E-state index contributed by atoms with van der Waals surface area (Å²) >= 11 is 0. The quantitative estimate of drug-likeness (QED) is 0.586. The van der Waals surface area contributed by atoms with Gasteiger partial charge >= 0.3 is 12.0 Å². The summed E-state index contributed by atoms with van der Waals surface area (Å²) in [4.78, 5) is 35.3. The molecular weight excluding hydrogens is 465 g/mol. The van der Waals surface area contributed by atoms with Gasteiger partial charge in [-0.2, -0.15) is 0 Å². The van der Waals surface area contributed by atoms with E-state index in [0.717, 1.165) is 37.3 Å². The molecule has 2 fully saturated rings. The lowest BCUT2D eigenvalue weighted by atomic mass is 10.0. The number of piperidine rings is 1. The zero-order valence-electron chi connectivity index (χ0n) is 20.9. The van der Waals surface area contributed by atoms with Gasteiger partial charge in [0, 0.05) is 58.1 Å². The van der Waals surface area contributed by atoms with Crippen LogP contribution in [0.25, 0.3) is 0 Å². The lowest BCUT2D eigenvalue weighted by Gasteiger charge is -2.37. The van der Waals surface area contributed by atoms with Crippen molar-refractivity contribution in [3.63, 3.8) is 0 Å². The third-order valence-corrected chi connectivity index (χ3v) is 6.69. The van der Waals surface area contributed by atoms with E-state index in [-0.39, 0.29) is 29.6 Å². The molecule has 1 aromatic carbocycles. The number of hydrogen-bond donors (Lipinski definition) is 1. The van der Waals surface area contributed by atoms with Crippen molar-refractivity contribution < 1.29 is 23.5 Å². The fourth-order valence-electron chi connectivity index (χ4n) is 4.61. The first-order chi connectivity index (χ1) is 17.5. The highest BCUT2D eigenvalue weighted by atomic mass is 19.1. The first-order valence-electron chi connectivity index (χ1n) is 12.4. The van der Waals surface area contributed by atoms with Gasteiger partial charge in [0.15, 0.2) is 11.6 Å². The number of ether oxygens (including phenoxy) is 2. The molecule has 0 unspecified atom stereocenters. The molecule has 0 bridgehead atoms. The number of carbonyl (C=O) groups is 2. The Morgan fingerprint density at radius 2 is 1.83 bits per heavy atom. The van der Waals surface area contributed by atoms with Crippen LogP contribution in [-0.4, -0.2) is 85.8 Å². The number of urea groups is 1. The van der Waals surface area contributed by atoms with Gasteiger partial charge in [0.2, 0.25) is 0 Å². The molecule has 1 N–H and O–H groups in total. The van der Waals surface area contributed by atoms with Crippen molar-refractivity contribution in [3.05, 3.63) is 53.5 Å². The summed E-state index contributed by atoms with van der Waals surface area (Å²) in [7, 11) is 1.46. The van der Waals surface area contributed by atoms with Gasteiger partial charge in [0.1, 0.15) is 5.82 Å². The molecule has 194 valence electrons. The summed E-state index contributed by atoms with van der Waals surface area (Å²) in [6, 6.07) is 8.71. The number of amides is 2. The first-order valence-corrected chi connectivity index (χ1v) is 12.4. The third-order valence-electron chi connectivity index (χ3n) is 6.69. The number of rotatable bonds is 7. The minimum absolute atomic E-state index is 0.0315. The van der Waals surface area contributed by atoms with E-state index in [1.54, 1.807) is 19.1 Å². The number of hydrogen-bond acceptors (Lipinski definition) is 7. The average molecular weight is 500 g/mol. The predicted octanol–water partition coefficient (Wildman–Crippen LogP) is 2.90. The van der Waals surface area contributed by atoms with Crippen molar-refractivity contribution in [2.75, 3.05) is 57.9 Å². The van der Waals surface area contributed by atoms with Gasteiger partial charge in [-0.25, -0.2) is 19.0 Å². The Hall–Kier alpha value is -3.40. The molecule has 0 radical (unpaired) electrons. The maximum Gasteiger partial charge on any atom is 0.339 e. The van der Waals surface area contributed by atoms with Crippen LogP contribution < -0.4 is 15.0 Å². The van der Waals surface area contributed by atoms with E-state index < -0.39 is 0 Å². The zero-order chi connectivity index (χ0) is 25.5. The molecule has 2 aromatic rings. The summed E-state index contributed by atoms with van der Waals surface area (Å²) in [6.45, 7) is 7.04. The highest BCUT2D eigenvalue weighted by Gasteiger charge is 2.26. The number of esters is 1. The SMILES string of the molecule is CCOC(=O)c1ccc(N2CCN(C(=O)NC3CCN(Cc4ccc(OC)c(F)c4)CC3)CC2)nc1. The number of likely N-dealkylation sites (tertiary alicyclic amines) is 1. The number of piperazine rings is 1. The molecule has 10 heteroatoms. The summed E-state index contributed by atoms with van der Waals surface area (Å²) in [5, 5.41) is 3.18. The highest BCUT2D eigenvalue weighted by Crippen LogP contribution is 2.21. The van der Waals surface area contributed by atoms with Gasteiger partial charge < -0.3 is 24.6 Å². The van der Waals surface area contributed by atoms with Gasteiger partial charge in [-0.3, -0.25) is 4.90 Å². The van der Waals surface area contributed by atoms with E-state index in [9.17, 15) is 14.0 Å². The van der Waals surface area contributed by atoms with Crippen molar-refractivity contribution >= 4 is 17.8 Å². The van der Waals surface area contributed by atoms with E-state index in [4.69, 9.17) is 9.47 Å². The smallest absolute Gasteiger partial charge is 0.339 e. The number of benzene rings is 1. The Kier molecular flexibility index (Phi) is 8.58. The number of pyridine rings is 1. The Balaban J connectivity index is 1.19. The predicted molar refractivity (Wildman–Crippen MR) is 134 cm³/mol. The van der Waals surface area contributed by atoms with Crippen LogP contribution in [0.2, 0.25) is 0 Å². The van der Waals surface area contributed by atoms with Gasteiger partial charge in [0.25, 0.3) is 0 Å². The molecule has 2 aliphatic heterocycles. The van der Waals surface area contributed by atoms with Gasteiger partial charge in [0.05, 0.1) is 19.3 Å². The number of nitrogens with zero attached hydrogens (tertiary/aromatic N) is 4. The largest absolute Gasteiger partial charge is 0.494 e. The summed E-state index contributed by atoms with van der Waals surface area (Å²) in [5.41, 5.74) is 1.35. The van der Waals surface area contributed by atoms with E-state index in [1.165, 1.54) is 19.4 Å². The van der Waals surface area contributed by atoms with Crippen molar-refractivity contribution in [1.29, 1.82) is 0 Å². The number of nitrogens with one attached hydrogen (secondary N) is 1. The maximum absolute atomic E-state index is 14.0. The lowest BCUT2D eigenvalue weighted by Crippen LogP contribution is -2.55. The van der Waals surface area contributed by atoms with Gasteiger partial charge in [-0.15, -0.1) is 0 Å². The molecule has 36 heavy (non-hydrogen) atoms. The maximum atomic E-state index is 14.0. The van der Waals surface area contributed by atoms with Crippen LogP contribution in [0.3, 0.4) is 0 Å². The first kappa shape index (κ1) is 25.7. The summed E-state index contributed by atoms with van der Waals surface area (Å²) < 4.78 is 23.9. The monoisotopic (exact) mass is 499 g/mol. The van der Waals surface area contributed by atoms with Crippen LogP contribution in [0.15, 0.2) is 36.5 Å². The third kappa shape index (κ3) is 6.42. The fraction of sp³-hybridized carbons (Fsp3) is 0.500. The molecule has 3 heterocycles. The van der Waals surface area contributed by atoms with E-state index in [1.807, 2.05) is 17.0 Å². The molecule has 9 nitrogen and oxygen atoms in total. The van der Waals surface area contributed by atoms with Gasteiger partial charge in [-0.05, 0) is 49.6 Å². The van der Waals surface area contributed by atoms with Crippen molar-refractivity contribution in [1.82, 2.24) is 20.1 Å². The molecular formula is C26H34FN5O4. The van der Waals surface area contributed by atoms with Crippen LogP contribution in [0, 0.1) is 5.82 Å². The minimum Gasteiger partial charge on any atom is -0.494 e. The Morgan fingerprint density at radius 1 is 1.08 bits per heavy atom. The summed E-state index contributed by atoms with van der Waals surface area (Å²) in [6.07, 6.45) is 3.26. The standard InChI is InChI=1S/C26H34FN5O4/c1-3-36-25(33)20-5-7-24(28-17-20)31-12-14-32(15-13-31)26(34)29-21-8-10-30(11-9-21)18-19-4-6-23(35-2)22(27)16-19/h4-7,16-17,21H,3,8-15,18H2,1-2H3,(H,29,34). The normalized spacial score (nSPS) is 17.1. The van der Waals surface area contributed by atoms with Crippen molar-refractivity contribution in [2.45, 2.75) is 32.4 Å². The number of carbonyl (C=O) groups excluding carboxylic acids is 2. The number of anilines is 1. The van der Waals surface area contributed by atoms with Crippen LogP contribution >= 0.6 is 0 Å². The summed E-state index contributed by atoms with van der Waals surface area (Å²) in [5.74, 6) is 0.316. The molecule has 2 aliphatic rings. The van der Waals surface area contributed by atoms with Crippen LogP contribution in [-0.2, 0) is 11.3 Å². The Labute approximate surface area is 211 Å². The van der Waals surface area contributed by atoms with E-state index in [0.29, 0.717) is 44.9 Å². The van der Waals surface area contributed by atoms with Gasteiger partial charge in [-0.1, -0.05) is 6.07 Å². The number of aromatic nitrogens is 1. The van der Waals surface area contributed by atoms with Crippen LogP contribution in [0.1, 0.15) is 35.7 Å². The molecule has 4 rings (SSSR count). The fourth-order valence-corrected chi connectivity index (χ4v) is 4.61. The van der Waals surface area contributed by atoms with Crippen LogP contribution in [0.5, 0.6) is 5.75 Å². The molecule has 0 saturated carbocycles. The highest BCUT2D eigenvalue weighted by molar-refractivity contribution is 5.89. The Morgan fingerprint density at radius 3 is 2.44 bits per heavy atom. The number of halogens is 1. The molecule has 2 amide bonds.